The van der Waals surface area contributed by atoms with E-state index in [1.54, 1.807) is 0 Å². The van der Waals surface area contributed by atoms with Crippen LogP contribution in [-0.2, 0) is 0 Å². The second-order valence-electron chi connectivity index (χ2n) is 3.60. The smallest absolute Gasteiger partial charge is 0.152 e. The Morgan fingerprint density at radius 1 is 0.833 bits per heavy atom. The minimum absolute atomic E-state index is 0.0156. The van der Waals surface area contributed by atoms with Crippen LogP contribution in [-0.4, -0.2) is 0 Å². The Morgan fingerprint density at radius 2 is 1.44 bits per heavy atom. The van der Waals surface area contributed by atoms with Gasteiger partial charge in [-0.1, -0.05) is 0 Å². The molecule has 0 fully saturated rings. The zero-order chi connectivity index (χ0) is 13.3. The standard InChI is InChI=1S/C12H8F4N2/c13-6-1-2-11(10(17)5-6)18-12-8(15)3-7(14)4-9(12)16/h1-5,18H,17H2. The molecule has 2 aromatic rings. The third-order valence-corrected chi connectivity index (χ3v) is 2.28. The molecule has 0 aromatic heterocycles. The number of nitrogens with one attached hydrogen (secondary N) is 1. The van der Waals surface area contributed by atoms with Gasteiger partial charge in [-0.2, -0.15) is 0 Å². The van der Waals surface area contributed by atoms with Gasteiger partial charge in [0.2, 0.25) is 0 Å². The van der Waals surface area contributed by atoms with E-state index in [2.05, 4.69) is 5.32 Å². The van der Waals surface area contributed by atoms with Crippen molar-refractivity contribution >= 4 is 17.1 Å². The molecule has 0 radical (unpaired) electrons. The summed E-state index contributed by atoms with van der Waals surface area (Å²) in [6, 6.07) is 4.38. The van der Waals surface area contributed by atoms with E-state index in [1.807, 2.05) is 0 Å². The first-order valence-electron chi connectivity index (χ1n) is 4.94. The molecule has 0 heterocycles. The van der Waals surface area contributed by atoms with Gasteiger partial charge in [-0.05, 0) is 18.2 Å². The number of nitrogens with two attached hydrogens (primary N) is 1. The molecular formula is C12H8F4N2. The summed E-state index contributed by atoms with van der Waals surface area (Å²) < 4.78 is 52.2. The van der Waals surface area contributed by atoms with Crippen molar-refractivity contribution in [2.75, 3.05) is 11.1 Å². The molecule has 0 saturated heterocycles. The lowest BCUT2D eigenvalue weighted by Gasteiger charge is -2.11. The predicted molar refractivity (Wildman–Crippen MR) is 60.4 cm³/mol. The van der Waals surface area contributed by atoms with Gasteiger partial charge in [-0.3, -0.25) is 0 Å². The second-order valence-corrected chi connectivity index (χ2v) is 3.60. The summed E-state index contributed by atoms with van der Waals surface area (Å²) in [6.45, 7) is 0. The molecule has 0 aliphatic heterocycles. The monoisotopic (exact) mass is 256 g/mol. The summed E-state index contributed by atoms with van der Waals surface area (Å²) in [4.78, 5) is 0. The molecular weight excluding hydrogens is 248 g/mol. The summed E-state index contributed by atoms with van der Waals surface area (Å²) >= 11 is 0. The summed E-state index contributed by atoms with van der Waals surface area (Å²) in [5.41, 5.74) is 5.04. The van der Waals surface area contributed by atoms with E-state index in [-0.39, 0.29) is 11.4 Å². The third-order valence-electron chi connectivity index (χ3n) is 2.28. The Kier molecular flexibility index (Phi) is 3.10. The highest BCUT2D eigenvalue weighted by Gasteiger charge is 2.12. The quantitative estimate of drug-likeness (QED) is 0.636. The van der Waals surface area contributed by atoms with Crippen LogP contribution in [0.2, 0.25) is 0 Å². The SMILES string of the molecule is Nc1cc(F)ccc1Nc1c(F)cc(F)cc1F. The summed E-state index contributed by atoms with van der Waals surface area (Å²) in [6.07, 6.45) is 0. The lowest BCUT2D eigenvalue weighted by atomic mass is 10.2. The lowest BCUT2D eigenvalue weighted by molar-refractivity contribution is 0.549. The average molecular weight is 256 g/mol. The summed E-state index contributed by atoms with van der Waals surface area (Å²) in [7, 11) is 0. The first kappa shape index (κ1) is 12.2. The number of hydrogen-bond donors (Lipinski definition) is 2. The van der Waals surface area contributed by atoms with Gasteiger partial charge in [0, 0.05) is 12.1 Å². The molecule has 18 heavy (non-hydrogen) atoms. The van der Waals surface area contributed by atoms with Crippen molar-refractivity contribution in [3.8, 4) is 0 Å². The zero-order valence-corrected chi connectivity index (χ0v) is 8.98. The van der Waals surface area contributed by atoms with Crippen LogP contribution in [0.5, 0.6) is 0 Å². The van der Waals surface area contributed by atoms with Crippen LogP contribution in [0.3, 0.4) is 0 Å². The van der Waals surface area contributed by atoms with Crippen LogP contribution < -0.4 is 11.1 Å². The van der Waals surface area contributed by atoms with Gasteiger partial charge in [0.05, 0.1) is 11.4 Å². The van der Waals surface area contributed by atoms with Gasteiger partial charge in [0.1, 0.15) is 17.3 Å². The van der Waals surface area contributed by atoms with E-state index < -0.39 is 29.0 Å². The van der Waals surface area contributed by atoms with Crippen LogP contribution in [0.1, 0.15) is 0 Å². The fraction of sp³-hybridized carbons (Fsp3) is 0. The highest BCUT2D eigenvalue weighted by atomic mass is 19.1. The lowest BCUT2D eigenvalue weighted by Crippen LogP contribution is -2.01. The molecule has 0 atom stereocenters. The Hall–Kier alpha value is -2.24. The Balaban J connectivity index is 2.40. The van der Waals surface area contributed by atoms with E-state index >= 15 is 0 Å². The number of nitrogen functional groups attached to an aromatic ring is 1. The first-order chi connectivity index (χ1) is 8.47. The van der Waals surface area contributed by atoms with Crippen LogP contribution in [0, 0.1) is 23.3 Å². The van der Waals surface area contributed by atoms with Gasteiger partial charge < -0.3 is 11.1 Å². The average Bonchev–Trinajstić information content (AvgIpc) is 2.25. The van der Waals surface area contributed by atoms with E-state index in [1.165, 1.54) is 6.07 Å². The van der Waals surface area contributed by atoms with Crippen molar-refractivity contribution in [3.63, 3.8) is 0 Å². The second kappa shape index (κ2) is 4.56. The largest absolute Gasteiger partial charge is 0.397 e. The van der Waals surface area contributed by atoms with Crippen molar-refractivity contribution < 1.29 is 17.6 Å². The third kappa shape index (κ3) is 2.37. The minimum Gasteiger partial charge on any atom is -0.397 e. The van der Waals surface area contributed by atoms with Crippen LogP contribution >= 0.6 is 0 Å². The van der Waals surface area contributed by atoms with Crippen molar-refractivity contribution in [1.82, 2.24) is 0 Å². The van der Waals surface area contributed by atoms with Crippen LogP contribution in [0.15, 0.2) is 30.3 Å². The minimum atomic E-state index is -1.10. The van der Waals surface area contributed by atoms with Crippen molar-refractivity contribution in [3.05, 3.63) is 53.6 Å². The van der Waals surface area contributed by atoms with E-state index in [0.717, 1.165) is 12.1 Å². The number of benzene rings is 2. The number of rotatable bonds is 2. The maximum Gasteiger partial charge on any atom is 0.152 e. The molecule has 2 aromatic carbocycles. The molecule has 0 aliphatic carbocycles. The van der Waals surface area contributed by atoms with Gasteiger partial charge in [-0.15, -0.1) is 0 Å². The molecule has 2 nitrogen and oxygen atoms in total. The van der Waals surface area contributed by atoms with Gasteiger partial charge >= 0.3 is 0 Å². The number of hydrogen-bond acceptors (Lipinski definition) is 2. The van der Waals surface area contributed by atoms with Gasteiger partial charge in [0.15, 0.2) is 11.6 Å². The van der Waals surface area contributed by atoms with Crippen molar-refractivity contribution in [2.45, 2.75) is 0 Å². The summed E-state index contributed by atoms with van der Waals surface area (Å²) in [5, 5.41) is 2.35. The Bertz CT molecular complexity index is 576. The van der Waals surface area contributed by atoms with Gasteiger partial charge in [-0.25, -0.2) is 17.6 Å². The maximum atomic E-state index is 13.4. The zero-order valence-electron chi connectivity index (χ0n) is 8.98. The van der Waals surface area contributed by atoms with Gasteiger partial charge in [0.25, 0.3) is 0 Å². The van der Waals surface area contributed by atoms with Crippen molar-refractivity contribution in [2.24, 2.45) is 0 Å². The number of halogens is 4. The topological polar surface area (TPSA) is 38.0 Å². The molecule has 0 amide bonds. The summed E-state index contributed by atoms with van der Waals surface area (Å²) in [5.74, 6) is -3.80. The molecule has 0 unspecified atom stereocenters. The predicted octanol–water partition coefficient (Wildman–Crippen LogP) is 3.57. The van der Waals surface area contributed by atoms with E-state index in [4.69, 9.17) is 5.73 Å². The van der Waals surface area contributed by atoms with Crippen LogP contribution in [0.25, 0.3) is 0 Å². The van der Waals surface area contributed by atoms with E-state index in [9.17, 15) is 17.6 Å². The molecule has 3 N–H and O–H groups in total. The fourth-order valence-electron chi connectivity index (χ4n) is 1.44. The molecule has 0 bridgehead atoms. The first-order valence-corrected chi connectivity index (χ1v) is 4.94. The molecule has 94 valence electrons. The highest BCUT2D eigenvalue weighted by Crippen LogP contribution is 2.28. The Morgan fingerprint density at radius 3 is 2.00 bits per heavy atom. The Labute approximate surface area is 100 Å². The number of anilines is 3. The molecule has 6 heteroatoms. The fourth-order valence-corrected chi connectivity index (χ4v) is 1.44. The molecule has 0 aliphatic rings. The molecule has 0 saturated carbocycles. The van der Waals surface area contributed by atoms with Crippen LogP contribution in [0.4, 0.5) is 34.6 Å². The molecule has 0 spiro atoms. The van der Waals surface area contributed by atoms with E-state index in [0.29, 0.717) is 12.1 Å². The van der Waals surface area contributed by atoms with Crippen molar-refractivity contribution in [1.29, 1.82) is 0 Å². The molecule has 2 rings (SSSR count). The normalized spacial score (nSPS) is 10.4. The maximum absolute atomic E-state index is 13.4. The highest BCUT2D eigenvalue weighted by molar-refractivity contribution is 5.72.